The lowest BCUT2D eigenvalue weighted by molar-refractivity contribution is -0.116. The van der Waals surface area contributed by atoms with Crippen LogP contribution in [0.2, 0.25) is 0 Å². The molecule has 88 valence electrons. The molecule has 0 saturated carbocycles. The number of nitrogens with one attached hydrogen (secondary N) is 1. The van der Waals surface area contributed by atoms with Crippen molar-refractivity contribution in [2.45, 2.75) is 17.1 Å². The van der Waals surface area contributed by atoms with Crippen molar-refractivity contribution in [3.05, 3.63) is 24.3 Å². The van der Waals surface area contributed by atoms with E-state index in [9.17, 15) is 13.6 Å². The molecule has 0 unspecified atom stereocenters. The third kappa shape index (κ3) is 4.16. The highest BCUT2D eigenvalue weighted by Gasteiger charge is 2.10. The molecule has 0 bridgehead atoms. The number of benzene rings is 1. The number of rotatable bonds is 5. The molecule has 1 rings (SSSR count). The van der Waals surface area contributed by atoms with Crippen molar-refractivity contribution in [1.29, 1.82) is 0 Å². The van der Waals surface area contributed by atoms with Gasteiger partial charge in [-0.05, 0) is 12.1 Å². The molecule has 1 amide bonds. The Labute approximate surface area is 96.4 Å². The van der Waals surface area contributed by atoms with Crippen molar-refractivity contribution in [3.63, 3.8) is 0 Å². The van der Waals surface area contributed by atoms with Crippen LogP contribution in [0.3, 0.4) is 0 Å². The molecular weight excluding hydrogens is 234 g/mol. The minimum absolute atomic E-state index is 0.174. The lowest BCUT2D eigenvalue weighted by atomic mass is 10.3. The number of carbonyl (C=O) groups is 1. The molecule has 0 aliphatic rings. The van der Waals surface area contributed by atoms with Crippen LogP contribution in [0, 0.1) is 0 Å². The van der Waals surface area contributed by atoms with Crippen molar-refractivity contribution in [3.8, 4) is 0 Å². The minimum atomic E-state index is -2.51. The van der Waals surface area contributed by atoms with Gasteiger partial charge in [-0.25, -0.2) is 0 Å². The number of thioether (sulfide) groups is 1. The highest BCUT2D eigenvalue weighted by atomic mass is 32.2. The van der Waals surface area contributed by atoms with E-state index in [0.29, 0.717) is 22.3 Å². The van der Waals surface area contributed by atoms with Gasteiger partial charge in [-0.3, -0.25) is 4.79 Å². The second kappa shape index (κ2) is 6.44. The van der Waals surface area contributed by atoms with E-state index < -0.39 is 5.76 Å². The van der Waals surface area contributed by atoms with E-state index in [1.54, 1.807) is 18.2 Å². The lowest BCUT2D eigenvalue weighted by Crippen LogP contribution is -2.16. The lowest BCUT2D eigenvalue weighted by Gasteiger charge is -2.09. The summed E-state index contributed by atoms with van der Waals surface area (Å²) in [6.07, 6.45) is 0.174. The molecule has 0 aliphatic carbocycles. The first-order valence-electron chi connectivity index (χ1n) is 4.67. The summed E-state index contributed by atoms with van der Waals surface area (Å²) in [5.74, 6) is -2.78. The van der Waals surface area contributed by atoms with Crippen LogP contribution in [-0.2, 0) is 4.79 Å². The summed E-state index contributed by atoms with van der Waals surface area (Å²) in [5, 5.41) is 2.54. The highest BCUT2D eigenvalue weighted by molar-refractivity contribution is 7.99. The van der Waals surface area contributed by atoms with E-state index in [4.69, 9.17) is 5.73 Å². The first-order valence-corrected chi connectivity index (χ1v) is 5.55. The largest absolute Gasteiger partial charge is 0.330 e. The van der Waals surface area contributed by atoms with Gasteiger partial charge in [0.15, 0.2) is 0 Å². The maximum Gasteiger partial charge on any atom is 0.288 e. The zero-order valence-corrected chi connectivity index (χ0v) is 9.27. The third-order valence-electron chi connectivity index (χ3n) is 1.75. The number of hydrogen-bond donors (Lipinski definition) is 2. The summed E-state index contributed by atoms with van der Waals surface area (Å²) in [4.78, 5) is 11.6. The maximum atomic E-state index is 12.2. The molecule has 16 heavy (non-hydrogen) atoms. The molecule has 0 heterocycles. The van der Waals surface area contributed by atoms with Gasteiger partial charge < -0.3 is 11.1 Å². The summed E-state index contributed by atoms with van der Waals surface area (Å²) < 4.78 is 24.4. The van der Waals surface area contributed by atoms with E-state index in [-0.39, 0.29) is 18.9 Å². The molecular formula is C10H12F2N2OS. The number of nitrogens with two attached hydrogens (primary N) is 1. The minimum Gasteiger partial charge on any atom is -0.330 e. The van der Waals surface area contributed by atoms with Crippen LogP contribution >= 0.6 is 11.8 Å². The molecule has 0 radical (unpaired) electrons. The molecule has 6 heteroatoms. The number of anilines is 1. The number of amides is 1. The average Bonchev–Trinajstić information content (AvgIpc) is 2.20. The Morgan fingerprint density at radius 2 is 2.12 bits per heavy atom. The maximum absolute atomic E-state index is 12.2. The van der Waals surface area contributed by atoms with Crippen LogP contribution in [0.4, 0.5) is 14.5 Å². The van der Waals surface area contributed by atoms with Gasteiger partial charge in [-0.15, -0.1) is 0 Å². The number of hydrogen-bond acceptors (Lipinski definition) is 3. The molecule has 0 atom stereocenters. The van der Waals surface area contributed by atoms with Crippen molar-refractivity contribution in [1.82, 2.24) is 0 Å². The number of carbonyl (C=O) groups excluding carboxylic acids is 1. The van der Waals surface area contributed by atoms with E-state index in [0.717, 1.165) is 0 Å². The Morgan fingerprint density at radius 3 is 2.75 bits per heavy atom. The van der Waals surface area contributed by atoms with Crippen LogP contribution in [0.5, 0.6) is 0 Å². The Morgan fingerprint density at radius 1 is 1.44 bits per heavy atom. The smallest absolute Gasteiger partial charge is 0.288 e. The van der Waals surface area contributed by atoms with Crippen molar-refractivity contribution in [2.24, 2.45) is 5.73 Å². The Hall–Kier alpha value is -1.14. The molecule has 3 nitrogen and oxygen atoms in total. The van der Waals surface area contributed by atoms with E-state index in [2.05, 4.69) is 5.32 Å². The number of para-hydroxylation sites is 1. The van der Waals surface area contributed by atoms with Gasteiger partial charge >= 0.3 is 0 Å². The Balaban J connectivity index is 2.74. The first kappa shape index (κ1) is 12.9. The quantitative estimate of drug-likeness (QED) is 0.784. The van der Waals surface area contributed by atoms with E-state index >= 15 is 0 Å². The predicted molar refractivity (Wildman–Crippen MR) is 60.6 cm³/mol. The molecule has 0 fully saturated rings. The Bertz CT molecular complexity index is 360. The normalized spacial score (nSPS) is 10.5. The molecule has 0 aliphatic heterocycles. The van der Waals surface area contributed by atoms with Crippen molar-refractivity contribution >= 4 is 23.4 Å². The summed E-state index contributed by atoms with van der Waals surface area (Å²) >= 11 is 0.406. The molecule has 0 aromatic heterocycles. The van der Waals surface area contributed by atoms with Crippen LogP contribution in [0.25, 0.3) is 0 Å². The highest BCUT2D eigenvalue weighted by Crippen LogP contribution is 2.31. The second-order valence-corrected chi connectivity index (χ2v) is 3.99. The zero-order chi connectivity index (χ0) is 12.0. The molecule has 0 saturated heterocycles. The summed E-state index contributed by atoms with van der Waals surface area (Å²) in [5.41, 5.74) is 5.61. The summed E-state index contributed by atoms with van der Waals surface area (Å²) in [6, 6.07) is 6.44. The van der Waals surface area contributed by atoms with Gasteiger partial charge in [-0.2, -0.15) is 8.78 Å². The van der Waals surface area contributed by atoms with E-state index in [1.165, 1.54) is 6.07 Å². The van der Waals surface area contributed by atoms with Gasteiger partial charge in [0, 0.05) is 17.9 Å². The molecule has 1 aromatic rings. The first-order chi connectivity index (χ1) is 7.63. The number of halogens is 2. The van der Waals surface area contributed by atoms with Crippen LogP contribution in [-0.4, -0.2) is 18.2 Å². The third-order valence-corrected chi connectivity index (χ3v) is 2.54. The second-order valence-electron chi connectivity index (χ2n) is 2.96. The fourth-order valence-electron chi connectivity index (χ4n) is 1.11. The van der Waals surface area contributed by atoms with Crippen LogP contribution < -0.4 is 11.1 Å². The molecule has 0 spiro atoms. The molecule has 3 N–H and O–H groups in total. The molecule has 1 aromatic carbocycles. The van der Waals surface area contributed by atoms with Gasteiger partial charge in [0.2, 0.25) is 5.91 Å². The van der Waals surface area contributed by atoms with Crippen LogP contribution in [0.15, 0.2) is 29.2 Å². The summed E-state index contributed by atoms with van der Waals surface area (Å²) in [7, 11) is 0. The van der Waals surface area contributed by atoms with Crippen molar-refractivity contribution < 1.29 is 13.6 Å². The van der Waals surface area contributed by atoms with E-state index in [1.807, 2.05) is 0 Å². The standard InChI is InChI=1S/C10H12F2N2OS/c11-10(12)16-8-4-2-1-3-7(8)14-9(15)5-6-13/h1-4,10H,5-6,13H2,(H,14,15). The topological polar surface area (TPSA) is 55.1 Å². The van der Waals surface area contributed by atoms with Gasteiger partial charge in [0.05, 0.1) is 5.69 Å². The SMILES string of the molecule is NCCC(=O)Nc1ccccc1SC(F)F. The summed E-state index contributed by atoms with van der Waals surface area (Å²) in [6.45, 7) is 0.232. The van der Waals surface area contributed by atoms with Crippen LogP contribution in [0.1, 0.15) is 6.42 Å². The predicted octanol–water partition coefficient (Wildman–Crippen LogP) is 2.29. The number of alkyl halides is 2. The van der Waals surface area contributed by atoms with Gasteiger partial charge in [0.1, 0.15) is 0 Å². The Kier molecular flexibility index (Phi) is 5.21. The monoisotopic (exact) mass is 246 g/mol. The fourth-order valence-corrected chi connectivity index (χ4v) is 1.71. The zero-order valence-electron chi connectivity index (χ0n) is 8.45. The van der Waals surface area contributed by atoms with Gasteiger partial charge in [-0.1, -0.05) is 23.9 Å². The van der Waals surface area contributed by atoms with Gasteiger partial charge in [0.25, 0.3) is 5.76 Å². The van der Waals surface area contributed by atoms with Crippen molar-refractivity contribution in [2.75, 3.05) is 11.9 Å². The fraction of sp³-hybridized carbons (Fsp3) is 0.300. The average molecular weight is 246 g/mol.